The first-order valence-corrected chi connectivity index (χ1v) is 9.54. The Labute approximate surface area is 154 Å². The minimum atomic E-state index is 0.0158. The Balaban J connectivity index is 1.42. The maximum absolute atomic E-state index is 13.2. The second-order valence-electron chi connectivity index (χ2n) is 7.76. The molecule has 2 fully saturated rings. The van der Waals surface area contributed by atoms with Gasteiger partial charge in [-0.2, -0.15) is 10.2 Å². The Bertz CT molecular complexity index is 786. The predicted molar refractivity (Wildman–Crippen MR) is 98.9 cm³/mol. The molecule has 2 aromatic rings. The number of nitrogens with one attached hydrogen (secondary N) is 2. The van der Waals surface area contributed by atoms with Gasteiger partial charge in [-0.25, -0.2) is 0 Å². The normalized spacial score (nSPS) is 24.3. The van der Waals surface area contributed by atoms with Crippen LogP contribution in [0, 0.1) is 19.8 Å². The first-order valence-electron chi connectivity index (χ1n) is 9.54. The summed E-state index contributed by atoms with van der Waals surface area (Å²) in [5.41, 5.74) is 4.60. The third kappa shape index (κ3) is 3.05. The van der Waals surface area contributed by atoms with Gasteiger partial charge in [0.15, 0.2) is 0 Å². The number of aromatic nitrogens is 4. The maximum Gasteiger partial charge on any atom is 0.227 e. The second kappa shape index (κ2) is 6.87. The van der Waals surface area contributed by atoms with Crippen LogP contribution in [0.3, 0.4) is 0 Å². The molecule has 2 aliphatic rings. The van der Waals surface area contributed by atoms with Gasteiger partial charge < -0.3 is 10.2 Å². The topological polar surface area (TPSA) is 78.8 Å². The van der Waals surface area contributed by atoms with E-state index < -0.39 is 0 Å². The highest BCUT2D eigenvalue weighted by molar-refractivity contribution is 5.81. The van der Waals surface area contributed by atoms with Crippen molar-refractivity contribution in [2.24, 2.45) is 13.0 Å². The molecule has 140 valence electrons. The van der Waals surface area contributed by atoms with Crippen LogP contribution < -0.4 is 5.32 Å². The molecule has 0 spiro atoms. The molecular weight excluding hydrogens is 328 g/mol. The van der Waals surface area contributed by atoms with E-state index in [1.807, 2.05) is 24.9 Å². The summed E-state index contributed by atoms with van der Waals surface area (Å²) in [6, 6.07) is 2.13. The molecular formula is C19H28N6O. The minimum Gasteiger partial charge on any atom is -0.342 e. The van der Waals surface area contributed by atoms with E-state index in [2.05, 4.69) is 38.5 Å². The van der Waals surface area contributed by atoms with E-state index in [0.717, 1.165) is 56.1 Å². The molecule has 0 radical (unpaired) electrons. The fourth-order valence-corrected chi connectivity index (χ4v) is 4.42. The van der Waals surface area contributed by atoms with Crippen LogP contribution in [0.25, 0.3) is 0 Å². The number of hydrogen-bond acceptors (Lipinski definition) is 4. The van der Waals surface area contributed by atoms with Gasteiger partial charge in [-0.05, 0) is 38.3 Å². The second-order valence-corrected chi connectivity index (χ2v) is 7.76. The number of aryl methyl sites for hydroxylation is 2. The van der Waals surface area contributed by atoms with Crippen LogP contribution in [0.1, 0.15) is 47.3 Å². The lowest BCUT2D eigenvalue weighted by Gasteiger charge is -2.34. The smallest absolute Gasteiger partial charge is 0.227 e. The summed E-state index contributed by atoms with van der Waals surface area (Å²) in [6.07, 6.45) is 3.92. The number of likely N-dealkylation sites (tertiary alicyclic amines) is 1. The van der Waals surface area contributed by atoms with Gasteiger partial charge in [0.2, 0.25) is 5.91 Å². The highest BCUT2D eigenvalue weighted by atomic mass is 16.2. The van der Waals surface area contributed by atoms with E-state index in [4.69, 9.17) is 0 Å². The molecule has 26 heavy (non-hydrogen) atoms. The molecule has 4 rings (SSSR count). The van der Waals surface area contributed by atoms with Crippen LogP contribution in [0.5, 0.6) is 0 Å². The van der Waals surface area contributed by atoms with Crippen molar-refractivity contribution in [1.82, 2.24) is 30.2 Å². The van der Waals surface area contributed by atoms with Crippen LogP contribution >= 0.6 is 0 Å². The molecule has 0 aromatic carbocycles. The number of hydrogen-bond donors (Lipinski definition) is 2. The lowest BCUT2D eigenvalue weighted by atomic mass is 9.87. The molecule has 7 nitrogen and oxygen atoms in total. The zero-order valence-electron chi connectivity index (χ0n) is 15.8. The van der Waals surface area contributed by atoms with Crippen molar-refractivity contribution in [2.75, 3.05) is 26.2 Å². The van der Waals surface area contributed by atoms with Crippen molar-refractivity contribution >= 4 is 5.91 Å². The Hall–Kier alpha value is -2.15. The summed E-state index contributed by atoms with van der Waals surface area (Å²) < 4.78 is 1.90. The molecule has 0 saturated carbocycles. The largest absolute Gasteiger partial charge is 0.342 e. The number of rotatable bonds is 3. The number of carbonyl (C=O) groups is 1. The van der Waals surface area contributed by atoms with Gasteiger partial charge in [0.25, 0.3) is 0 Å². The number of piperidine rings is 1. The Morgan fingerprint density at radius 2 is 2.00 bits per heavy atom. The van der Waals surface area contributed by atoms with Crippen molar-refractivity contribution < 1.29 is 4.79 Å². The van der Waals surface area contributed by atoms with E-state index in [0.29, 0.717) is 11.8 Å². The van der Waals surface area contributed by atoms with Crippen LogP contribution in [-0.2, 0) is 11.8 Å². The van der Waals surface area contributed by atoms with E-state index >= 15 is 0 Å². The first-order chi connectivity index (χ1) is 12.5. The minimum absolute atomic E-state index is 0.0158. The molecule has 2 saturated heterocycles. The van der Waals surface area contributed by atoms with Gasteiger partial charge in [-0.1, -0.05) is 0 Å². The fourth-order valence-electron chi connectivity index (χ4n) is 4.42. The van der Waals surface area contributed by atoms with Crippen molar-refractivity contribution in [2.45, 2.75) is 38.5 Å². The molecule has 0 bridgehead atoms. The van der Waals surface area contributed by atoms with Gasteiger partial charge in [0.1, 0.15) is 0 Å². The van der Waals surface area contributed by atoms with Gasteiger partial charge in [0.05, 0.1) is 17.8 Å². The molecule has 2 aromatic heterocycles. The first kappa shape index (κ1) is 17.3. The summed E-state index contributed by atoms with van der Waals surface area (Å²) in [5.74, 6) is 0.993. The Morgan fingerprint density at radius 1 is 1.23 bits per heavy atom. The monoisotopic (exact) mass is 356 g/mol. The SMILES string of the molecule is Cc1cc(C2CCN(C(=O)[C@H]3CNC[C@@H]3c3cnn(C)c3C)CC2)n[nH]1. The van der Waals surface area contributed by atoms with Crippen LogP contribution in [0.15, 0.2) is 12.3 Å². The average Bonchev–Trinajstić information content (AvgIpc) is 3.36. The predicted octanol–water partition coefficient (Wildman–Crippen LogP) is 1.47. The zero-order chi connectivity index (χ0) is 18.3. The lowest BCUT2D eigenvalue weighted by Crippen LogP contribution is -2.43. The third-order valence-corrected chi connectivity index (χ3v) is 6.15. The lowest BCUT2D eigenvalue weighted by molar-refractivity contribution is -0.136. The quantitative estimate of drug-likeness (QED) is 0.873. The molecule has 7 heteroatoms. The molecule has 2 atom stereocenters. The maximum atomic E-state index is 13.2. The van der Waals surface area contributed by atoms with Crippen molar-refractivity contribution in [1.29, 1.82) is 0 Å². The number of amides is 1. The Morgan fingerprint density at radius 3 is 2.62 bits per heavy atom. The van der Waals surface area contributed by atoms with Crippen molar-refractivity contribution in [3.63, 3.8) is 0 Å². The summed E-state index contributed by atoms with van der Waals surface area (Å²) in [7, 11) is 1.96. The summed E-state index contributed by atoms with van der Waals surface area (Å²) in [6.45, 7) is 7.37. The van der Waals surface area contributed by atoms with Gasteiger partial charge in [0, 0.05) is 56.5 Å². The highest BCUT2D eigenvalue weighted by Crippen LogP contribution is 2.33. The van der Waals surface area contributed by atoms with Crippen LogP contribution in [0.2, 0.25) is 0 Å². The number of nitrogens with zero attached hydrogens (tertiary/aromatic N) is 4. The summed E-state index contributed by atoms with van der Waals surface area (Å²) >= 11 is 0. The number of aromatic amines is 1. The molecule has 1 amide bonds. The standard InChI is InChI=1S/C19H28N6O/c1-12-8-18(23-22-12)14-4-6-25(7-5-14)19(26)17-10-20-9-16(17)15-11-21-24(3)13(15)2/h8,11,14,16-17,20H,4-7,9-10H2,1-3H3,(H,22,23)/t16-,17+/m1/s1. The summed E-state index contributed by atoms with van der Waals surface area (Å²) in [5, 5.41) is 15.2. The van der Waals surface area contributed by atoms with E-state index in [1.165, 1.54) is 5.56 Å². The van der Waals surface area contributed by atoms with Crippen LogP contribution in [0.4, 0.5) is 0 Å². The summed E-state index contributed by atoms with van der Waals surface area (Å²) in [4.78, 5) is 15.2. The Kier molecular flexibility index (Phi) is 4.56. The van der Waals surface area contributed by atoms with Crippen molar-refractivity contribution in [3.8, 4) is 0 Å². The number of carbonyl (C=O) groups excluding carboxylic acids is 1. The van der Waals surface area contributed by atoms with E-state index in [-0.39, 0.29) is 11.8 Å². The molecule has 4 heterocycles. The molecule has 0 aliphatic carbocycles. The fraction of sp³-hybridized carbons (Fsp3) is 0.632. The zero-order valence-corrected chi connectivity index (χ0v) is 15.8. The number of H-pyrrole nitrogens is 1. The molecule has 2 aliphatic heterocycles. The van der Waals surface area contributed by atoms with E-state index in [9.17, 15) is 4.79 Å². The average molecular weight is 356 g/mol. The van der Waals surface area contributed by atoms with Gasteiger partial charge in [-0.3, -0.25) is 14.6 Å². The molecule has 2 N–H and O–H groups in total. The van der Waals surface area contributed by atoms with Crippen LogP contribution in [-0.4, -0.2) is 57.0 Å². The third-order valence-electron chi connectivity index (χ3n) is 6.15. The highest BCUT2D eigenvalue weighted by Gasteiger charge is 2.39. The van der Waals surface area contributed by atoms with Crippen molar-refractivity contribution in [3.05, 3.63) is 34.9 Å². The van der Waals surface area contributed by atoms with Gasteiger partial charge >= 0.3 is 0 Å². The molecule has 0 unspecified atom stereocenters. The van der Waals surface area contributed by atoms with E-state index in [1.54, 1.807) is 0 Å². The van der Waals surface area contributed by atoms with Gasteiger partial charge in [-0.15, -0.1) is 0 Å².